The van der Waals surface area contributed by atoms with Crippen LogP contribution in [0.25, 0.3) is 6.08 Å². The Morgan fingerprint density at radius 1 is 1.10 bits per heavy atom. The third-order valence-electron chi connectivity index (χ3n) is 6.66. The summed E-state index contributed by atoms with van der Waals surface area (Å²) in [4.78, 5) is 34.8. The van der Waals surface area contributed by atoms with Gasteiger partial charge in [-0.25, -0.2) is 4.99 Å². The van der Waals surface area contributed by atoms with Gasteiger partial charge in [0, 0.05) is 18.7 Å². The number of hydrogen-bond acceptors (Lipinski definition) is 7. The van der Waals surface area contributed by atoms with Gasteiger partial charge in [-0.1, -0.05) is 48.3 Å². The minimum atomic E-state index is -0.684. The summed E-state index contributed by atoms with van der Waals surface area (Å²) in [5, 5.41) is 0. The van der Waals surface area contributed by atoms with Gasteiger partial charge in [0.1, 0.15) is 18.4 Å². The fourth-order valence-electron chi connectivity index (χ4n) is 4.76. The average molecular weight is 562 g/mol. The number of nitrogens with zero attached hydrogens (tertiary/aromatic N) is 3. The Hall–Kier alpha value is -4.11. The summed E-state index contributed by atoms with van der Waals surface area (Å²) in [7, 11) is 1.59. The van der Waals surface area contributed by atoms with E-state index in [-0.39, 0.29) is 11.5 Å². The number of carbonyl (C=O) groups is 1. The second-order valence-corrected chi connectivity index (χ2v) is 10.0. The molecule has 40 heavy (non-hydrogen) atoms. The Balaban J connectivity index is 1.92. The molecule has 0 saturated carbocycles. The molecular weight excluding hydrogens is 526 g/mol. The Morgan fingerprint density at radius 3 is 2.52 bits per heavy atom. The number of benzene rings is 2. The first-order chi connectivity index (χ1) is 19.4. The summed E-state index contributed by atoms with van der Waals surface area (Å²) in [6.45, 7) is 13.2. The van der Waals surface area contributed by atoms with Gasteiger partial charge in [-0.05, 0) is 57.5 Å². The van der Waals surface area contributed by atoms with Crippen LogP contribution in [-0.2, 0) is 4.79 Å². The number of rotatable bonds is 11. The van der Waals surface area contributed by atoms with Crippen LogP contribution in [0.4, 0.5) is 0 Å². The molecule has 1 aliphatic rings. The number of likely N-dealkylation sites (N-methyl/N-ethyl adjacent to an activating group) is 1. The van der Waals surface area contributed by atoms with E-state index in [0.29, 0.717) is 64.2 Å². The molecule has 1 aliphatic heterocycles. The molecule has 2 aromatic carbocycles. The molecule has 0 unspecified atom stereocenters. The largest absolute Gasteiger partial charge is 0.496 e. The maximum absolute atomic E-state index is 14.0. The molecule has 0 N–H and O–H groups in total. The summed E-state index contributed by atoms with van der Waals surface area (Å²) < 4.78 is 19.3. The quantitative estimate of drug-likeness (QED) is 0.330. The van der Waals surface area contributed by atoms with Crippen molar-refractivity contribution < 1.29 is 19.0 Å². The lowest BCUT2D eigenvalue weighted by Crippen LogP contribution is -2.43. The van der Waals surface area contributed by atoms with Gasteiger partial charge in [0.2, 0.25) is 0 Å². The van der Waals surface area contributed by atoms with Crippen molar-refractivity contribution in [2.24, 2.45) is 4.99 Å². The minimum Gasteiger partial charge on any atom is -0.496 e. The van der Waals surface area contributed by atoms with Crippen LogP contribution in [0.5, 0.6) is 17.2 Å². The van der Waals surface area contributed by atoms with E-state index < -0.39 is 6.04 Å². The van der Waals surface area contributed by atoms with Crippen LogP contribution in [0, 0.1) is 0 Å². The highest BCUT2D eigenvalue weighted by Gasteiger charge is 2.35. The average Bonchev–Trinajstić information content (AvgIpc) is 3.26. The highest BCUT2D eigenvalue weighted by molar-refractivity contribution is 7.07. The number of carbonyl (C=O) groups excluding carboxylic acids is 1. The topological polar surface area (TPSA) is 82.4 Å². The second kappa shape index (κ2) is 12.8. The first-order valence-corrected chi connectivity index (χ1v) is 14.1. The maximum atomic E-state index is 14.0. The monoisotopic (exact) mass is 561 g/mol. The van der Waals surface area contributed by atoms with Gasteiger partial charge >= 0.3 is 0 Å². The molecule has 210 valence electrons. The van der Waals surface area contributed by atoms with Crippen LogP contribution in [0.3, 0.4) is 0 Å². The Morgan fingerprint density at radius 2 is 1.85 bits per heavy atom. The zero-order valence-electron chi connectivity index (χ0n) is 23.6. The van der Waals surface area contributed by atoms with E-state index in [1.54, 1.807) is 22.7 Å². The molecule has 0 bridgehead atoms. The number of methoxy groups -OCH3 is 1. The fraction of sp³-hybridized carbons (Fsp3) is 0.323. The van der Waals surface area contributed by atoms with E-state index in [0.717, 1.165) is 11.1 Å². The molecule has 1 atom stereocenters. The van der Waals surface area contributed by atoms with Crippen molar-refractivity contribution in [1.82, 2.24) is 9.47 Å². The number of hydrogen-bond donors (Lipinski definition) is 0. The molecular formula is C31H35N3O5S. The number of fused-ring (bicyclic) bond motifs is 1. The normalized spacial score (nSPS) is 14.8. The van der Waals surface area contributed by atoms with Gasteiger partial charge in [-0.15, -0.1) is 0 Å². The number of para-hydroxylation sites is 1. The predicted molar refractivity (Wildman–Crippen MR) is 158 cm³/mol. The number of thiazole rings is 1. The zero-order chi connectivity index (χ0) is 28.8. The van der Waals surface area contributed by atoms with Crippen molar-refractivity contribution in [2.45, 2.75) is 33.7 Å². The zero-order valence-corrected chi connectivity index (χ0v) is 24.4. The number of amides is 1. The summed E-state index contributed by atoms with van der Waals surface area (Å²) in [5.74, 6) is 1.64. The summed E-state index contributed by atoms with van der Waals surface area (Å²) in [6, 6.07) is 12.3. The van der Waals surface area contributed by atoms with Gasteiger partial charge in [-0.3, -0.25) is 14.2 Å². The van der Waals surface area contributed by atoms with Crippen molar-refractivity contribution in [3.63, 3.8) is 0 Å². The molecule has 4 rings (SSSR count). The van der Waals surface area contributed by atoms with Crippen LogP contribution in [-0.4, -0.2) is 48.8 Å². The lowest BCUT2D eigenvalue weighted by molar-refractivity contribution is -0.127. The van der Waals surface area contributed by atoms with E-state index in [4.69, 9.17) is 19.2 Å². The highest BCUT2D eigenvalue weighted by Crippen LogP contribution is 2.36. The molecule has 0 saturated heterocycles. The molecule has 3 aromatic rings. The van der Waals surface area contributed by atoms with Crippen molar-refractivity contribution in [2.75, 3.05) is 33.4 Å². The van der Waals surface area contributed by atoms with Crippen molar-refractivity contribution in [1.29, 1.82) is 0 Å². The van der Waals surface area contributed by atoms with E-state index in [1.807, 2.05) is 76.2 Å². The SMILES string of the molecule is C=CCOc1ccc(/C=c2/sc3n(c2=O)[C@@H](c2ccccc2OC)C(C(=O)N(CC)CC)=C(C)N=3)cc1OCC. The summed E-state index contributed by atoms with van der Waals surface area (Å²) in [6.07, 6.45) is 3.48. The number of allylic oxidation sites excluding steroid dienone is 1. The highest BCUT2D eigenvalue weighted by atomic mass is 32.1. The maximum Gasteiger partial charge on any atom is 0.271 e. The minimum absolute atomic E-state index is 0.145. The van der Waals surface area contributed by atoms with Gasteiger partial charge < -0.3 is 19.1 Å². The smallest absolute Gasteiger partial charge is 0.271 e. The van der Waals surface area contributed by atoms with Crippen LogP contribution >= 0.6 is 11.3 Å². The fourth-order valence-corrected chi connectivity index (χ4v) is 5.81. The van der Waals surface area contributed by atoms with E-state index in [9.17, 15) is 9.59 Å². The van der Waals surface area contributed by atoms with Gasteiger partial charge in [0.25, 0.3) is 11.5 Å². The standard InChI is InChI=1S/C31H35N3O5S/c1-7-17-39-24-16-15-21(18-25(24)38-10-4)19-26-29(35)34-28(22-13-11-12-14-23(22)37-6)27(20(5)32-31(34)40-26)30(36)33(8-2)9-3/h7,11-16,18-19,28H,1,8-10,17H2,2-6H3/b26-19+/t28-/m0/s1. The molecule has 8 nitrogen and oxygen atoms in total. The molecule has 0 fully saturated rings. The molecule has 1 aromatic heterocycles. The lowest BCUT2D eigenvalue weighted by Gasteiger charge is -2.29. The third-order valence-corrected chi connectivity index (χ3v) is 7.64. The lowest BCUT2D eigenvalue weighted by atomic mass is 9.94. The van der Waals surface area contributed by atoms with Gasteiger partial charge in [-0.2, -0.15) is 0 Å². The third kappa shape index (κ3) is 5.60. The van der Waals surface area contributed by atoms with Crippen molar-refractivity contribution >= 4 is 23.3 Å². The first kappa shape index (κ1) is 28.9. The Labute approximate surface area is 238 Å². The second-order valence-electron chi connectivity index (χ2n) is 9.04. The van der Waals surface area contributed by atoms with Crippen LogP contribution < -0.4 is 29.1 Å². The van der Waals surface area contributed by atoms with E-state index in [1.165, 1.54) is 11.3 Å². The van der Waals surface area contributed by atoms with Gasteiger partial charge in [0.05, 0.1) is 29.5 Å². The predicted octanol–water partition coefficient (Wildman–Crippen LogP) is 4.08. The number of ether oxygens (including phenoxy) is 3. The number of aromatic nitrogens is 1. The van der Waals surface area contributed by atoms with Gasteiger partial charge in [0.15, 0.2) is 16.3 Å². The molecule has 9 heteroatoms. The molecule has 0 spiro atoms. The summed E-state index contributed by atoms with van der Waals surface area (Å²) >= 11 is 1.29. The van der Waals surface area contributed by atoms with Crippen LogP contribution in [0.15, 0.2) is 76.2 Å². The summed E-state index contributed by atoms with van der Waals surface area (Å²) in [5.41, 5.74) is 2.33. The van der Waals surface area contributed by atoms with E-state index in [2.05, 4.69) is 6.58 Å². The molecule has 2 heterocycles. The Kier molecular flexibility index (Phi) is 9.26. The van der Waals surface area contributed by atoms with Crippen molar-refractivity contribution in [3.8, 4) is 17.2 Å². The van der Waals surface area contributed by atoms with Crippen LogP contribution in [0.1, 0.15) is 44.9 Å². The van der Waals surface area contributed by atoms with E-state index >= 15 is 0 Å². The molecule has 0 radical (unpaired) electrons. The molecule has 0 aliphatic carbocycles. The van der Waals surface area contributed by atoms with Crippen LogP contribution in [0.2, 0.25) is 0 Å². The first-order valence-electron chi connectivity index (χ1n) is 13.3. The molecule has 1 amide bonds. The van der Waals surface area contributed by atoms with Crippen molar-refractivity contribution in [3.05, 3.63) is 97.2 Å². The Bertz CT molecular complexity index is 1610.